The van der Waals surface area contributed by atoms with Gasteiger partial charge < -0.3 is 15.3 Å². The highest BCUT2D eigenvalue weighted by atomic mass is 16.4. The number of pyridine rings is 1. The number of urea groups is 1. The molecule has 2 N–H and O–H groups in total. The normalized spacial score (nSPS) is 10.2. The molecule has 0 aromatic carbocycles. The van der Waals surface area contributed by atoms with Crippen molar-refractivity contribution in [2.24, 2.45) is 0 Å². The number of nitrogens with one attached hydrogen (secondary N) is 1. The molecular weight excluding hydrogens is 270 g/mol. The lowest BCUT2D eigenvalue weighted by Crippen LogP contribution is -2.36. The number of aromatic nitrogens is 1. The van der Waals surface area contributed by atoms with Gasteiger partial charge >= 0.3 is 12.0 Å². The Balaban J connectivity index is 2.64. The predicted molar refractivity (Wildman–Crippen MR) is 81.6 cm³/mol. The maximum absolute atomic E-state index is 12.2. The van der Waals surface area contributed by atoms with Crippen LogP contribution in [0.15, 0.2) is 18.3 Å². The number of hydrogen-bond donors (Lipinski definition) is 2. The van der Waals surface area contributed by atoms with E-state index in [9.17, 15) is 9.59 Å². The van der Waals surface area contributed by atoms with Crippen molar-refractivity contribution >= 4 is 17.7 Å². The lowest BCUT2D eigenvalue weighted by molar-refractivity contribution is 0.0690. The second-order valence-corrected chi connectivity index (χ2v) is 4.86. The molecule has 0 aliphatic carbocycles. The number of carbonyl (C=O) groups excluding carboxylic acids is 1. The van der Waals surface area contributed by atoms with Gasteiger partial charge in [0.15, 0.2) is 0 Å². The van der Waals surface area contributed by atoms with E-state index >= 15 is 0 Å². The van der Waals surface area contributed by atoms with Crippen LogP contribution in [0.1, 0.15) is 50.0 Å². The largest absolute Gasteiger partial charge is 0.477 e. The average Bonchev–Trinajstić information content (AvgIpc) is 2.47. The number of anilines is 1. The highest BCUT2D eigenvalue weighted by molar-refractivity contribution is 5.90. The minimum Gasteiger partial charge on any atom is -0.477 e. The van der Waals surface area contributed by atoms with Gasteiger partial charge in [-0.05, 0) is 25.0 Å². The van der Waals surface area contributed by atoms with Crippen molar-refractivity contribution in [2.45, 2.75) is 39.5 Å². The first-order chi connectivity index (χ1) is 10.1. The quantitative estimate of drug-likeness (QED) is 0.771. The Bertz CT molecular complexity index is 452. The van der Waals surface area contributed by atoms with Crippen LogP contribution in [0, 0.1) is 0 Å². The SMILES string of the molecule is CCCCN(CCCC)C(=O)Nc1ccc(C(=O)O)nc1. The molecule has 116 valence electrons. The topological polar surface area (TPSA) is 82.5 Å². The molecule has 0 unspecified atom stereocenters. The van der Waals surface area contributed by atoms with E-state index in [-0.39, 0.29) is 11.7 Å². The second-order valence-electron chi connectivity index (χ2n) is 4.86. The number of carbonyl (C=O) groups is 2. The Kier molecular flexibility index (Phi) is 7.21. The first kappa shape index (κ1) is 16.9. The van der Waals surface area contributed by atoms with E-state index in [1.54, 1.807) is 11.0 Å². The van der Waals surface area contributed by atoms with Crippen LogP contribution in [0.3, 0.4) is 0 Å². The van der Waals surface area contributed by atoms with Crippen LogP contribution < -0.4 is 5.32 Å². The fraction of sp³-hybridized carbons (Fsp3) is 0.533. The number of amides is 2. The number of aromatic carboxylic acids is 1. The first-order valence-corrected chi connectivity index (χ1v) is 7.33. The summed E-state index contributed by atoms with van der Waals surface area (Å²) < 4.78 is 0. The average molecular weight is 293 g/mol. The zero-order valence-electron chi connectivity index (χ0n) is 12.6. The second kappa shape index (κ2) is 8.94. The molecule has 0 fully saturated rings. The molecule has 0 radical (unpaired) electrons. The third kappa shape index (κ3) is 5.81. The summed E-state index contributed by atoms with van der Waals surface area (Å²) >= 11 is 0. The van der Waals surface area contributed by atoms with Crippen LogP contribution >= 0.6 is 0 Å². The van der Waals surface area contributed by atoms with Crippen molar-refractivity contribution in [3.8, 4) is 0 Å². The molecule has 0 saturated carbocycles. The van der Waals surface area contributed by atoms with Crippen LogP contribution in [-0.4, -0.2) is 40.1 Å². The minimum atomic E-state index is -1.08. The van der Waals surface area contributed by atoms with Crippen molar-refractivity contribution < 1.29 is 14.7 Å². The van der Waals surface area contributed by atoms with Gasteiger partial charge in [0.25, 0.3) is 0 Å². The summed E-state index contributed by atoms with van der Waals surface area (Å²) in [7, 11) is 0. The number of hydrogen-bond acceptors (Lipinski definition) is 3. The van der Waals surface area contributed by atoms with E-state index in [2.05, 4.69) is 24.1 Å². The molecule has 0 bridgehead atoms. The van der Waals surface area contributed by atoms with Crippen LogP contribution in [0.5, 0.6) is 0 Å². The molecule has 0 spiro atoms. The lowest BCUT2D eigenvalue weighted by Gasteiger charge is -2.22. The third-order valence-electron chi connectivity index (χ3n) is 3.08. The van der Waals surface area contributed by atoms with Crippen LogP contribution in [-0.2, 0) is 0 Å². The molecular formula is C15H23N3O3. The summed E-state index contributed by atoms with van der Waals surface area (Å²) in [6, 6.07) is 2.76. The van der Waals surface area contributed by atoms with Crippen LogP contribution in [0.4, 0.5) is 10.5 Å². The Morgan fingerprint density at radius 2 is 1.81 bits per heavy atom. The smallest absolute Gasteiger partial charge is 0.354 e. The van der Waals surface area contributed by atoms with Gasteiger partial charge in [-0.3, -0.25) is 0 Å². The molecule has 0 aliphatic rings. The van der Waals surface area contributed by atoms with Gasteiger partial charge in [0, 0.05) is 13.1 Å². The fourth-order valence-electron chi connectivity index (χ4n) is 1.81. The Morgan fingerprint density at radius 1 is 1.19 bits per heavy atom. The summed E-state index contributed by atoms with van der Waals surface area (Å²) in [4.78, 5) is 28.5. The number of carboxylic acids is 1. The van der Waals surface area contributed by atoms with Gasteiger partial charge in [-0.1, -0.05) is 26.7 Å². The van der Waals surface area contributed by atoms with Gasteiger partial charge in [0.1, 0.15) is 5.69 Å². The number of nitrogens with zero attached hydrogens (tertiary/aromatic N) is 2. The Hall–Kier alpha value is -2.11. The summed E-state index contributed by atoms with van der Waals surface area (Å²) in [6.07, 6.45) is 5.36. The van der Waals surface area contributed by atoms with Crippen molar-refractivity contribution in [1.82, 2.24) is 9.88 Å². The molecule has 0 atom stereocenters. The third-order valence-corrected chi connectivity index (χ3v) is 3.08. The summed E-state index contributed by atoms with van der Waals surface area (Å²) in [5.41, 5.74) is 0.463. The van der Waals surface area contributed by atoms with E-state index in [4.69, 9.17) is 5.11 Å². The zero-order valence-corrected chi connectivity index (χ0v) is 12.6. The standard InChI is InChI=1S/C15H23N3O3/c1-3-5-9-18(10-6-4-2)15(21)17-12-7-8-13(14(19)20)16-11-12/h7-8,11H,3-6,9-10H2,1-2H3,(H,17,21)(H,19,20). The molecule has 21 heavy (non-hydrogen) atoms. The highest BCUT2D eigenvalue weighted by Crippen LogP contribution is 2.09. The zero-order chi connectivity index (χ0) is 15.7. The van der Waals surface area contributed by atoms with Crippen molar-refractivity contribution in [3.63, 3.8) is 0 Å². The highest BCUT2D eigenvalue weighted by Gasteiger charge is 2.13. The van der Waals surface area contributed by atoms with Crippen LogP contribution in [0.25, 0.3) is 0 Å². The predicted octanol–water partition coefficient (Wildman–Crippen LogP) is 3.21. The molecule has 6 nitrogen and oxygen atoms in total. The van der Waals surface area contributed by atoms with E-state index in [0.717, 1.165) is 38.8 Å². The molecule has 0 aliphatic heterocycles. The fourth-order valence-corrected chi connectivity index (χ4v) is 1.81. The number of carboxylic acid groups (broad SMARTS) is 1. The van der Waals surface area contributed by atoms with Gasteiger partial charge in [0.2, 0.25) is 0 Å². The molecule has 1 aromatic heterocycles. The van der Waals surface area contributed by atoms with Crippen LogP contribution in [0.2, 0.25) is 0 Å². The Morgan fingerprint density at radius 3 is 2.24 bits per heavy atom. The van der Waals surface area contributed by atoms with Gasteiger partial charge in [0.05, 0.1) is 11.9 Å². The number of unbranched alkanes of at least 4 members (excludes halogenated alkanes) is 2. The number of rotatable bonds is 8. The summed E-state index contributed by atoms with van der Waals surface area (Å²) in [5, 5.41) is 11.5. The lowest BCUT2D eigenvalue weighted by atomic mass is 10.2. The van der Waals surface area contributed by atoms with E-state index < -0.39 is 5.97 Å². The van der Waals surface area contributed by atoms with Crippen molar-refractivity contribution in [3.05, 3.63) is 24.0 Å². The molecule has 1 heterocycles. The first-order valence-electron chi connectivity index (χ1n) is 7.33. The molecule has 6 heteroatoms. The van der Waals surface area contributed by atoms with E-state index in [1.807, 2.05) is 0 Å². The molecule has 1 aromatic rings. The summed E-state index contributed by atoms with van der Waals surface area (Å²) in [5.74, 6) is -1.08. The van der Waals surface area contributed by atoms with Gasteiger partial charge in [-0.2, -0.15) is 0 Å². The van der Waals surface area contributed by atoms with Gasteiger partial charge in [-0.15, -0.1) is 0 Å². The maximum atomic E-state index is 12.2. The molecule has 1 rings (SSSR count). The van der Waals surface area contributed by atoms with Gasteiger partial charge in [-0.25, -0.2) is 14.6 Å². The van der Waals surface area contributed by atoms with Crippen molar-refractivity contribution in [2.75, 3.05) is 18.4 Å². The van der Waals surface area contributed by atoms with E-state index in [0.29, 0.717) is 5.69 Å². The molecule has 2 amide bonds. The maximum Gasteiger partial charge on any atom is 0.354 e. The van der Waals surface area contributed by atoms with Crippen molar-refractivity contribution in [1.29, 1.82) is 0 Å². The summed E-state index contributed by atoms with van der Waals surface area (Å²) in [6.45, 7) is 5.63. The Labute approximate surface area is 125 Å². The monoisotopic (exact) mass is 293 g/mol. The minimum absolute atomic E-state index is 0.0400. The van der Waals surface area contributed by atoms with E-state index in [1.165, 1.54) is 12.3 Å². The molecule has 0 saturated heterocycles.